The second-order valence-electron chi connectivity index (χ2n) is 11.0. The standard InChI is InChI=1S/C33H46O6/c1-33(2,3)39-32(36)29(31(35)38-26-28-21-15-12-16-22-28)23-17-9-7-5-4-6-8-10-18-24-30(34)37-25-27-19-13-11-14-20-27/h11-16,19-22,29H,4-10,17-18,23-26H2,1-3H3. The zero-order valence-corrected chi connectivity index (χ0v) is 24.0. The molecule has 0 bridgehead atoms. The minimum atomic E-state index is -0.896. The van der Waals surface area contributed by atoms with Gasteiger partial charge in [0.15, 0.2) is 5.92 Å². The van der Waals surface area contributed by atoms with E-state index in [4.69, 9.17) is 14.2 Å². The van der Waals surface area contributed by atoms with Gasteiger partial charge >= 0.3 is 17.9 Å². The zero-order valence-electron chi connectivity index (χ0n) is 24.0. The van der Waals surface area contributed by atoms with Gasteiger partial charge in [-0.25, -0.2) is 0 Å². The number of unbranched alkanes of at least 4 members (excludes halogenated alkanes) is 8. The number of esters is 3. The molecule has 0 aromatic heterocycles. The highest BCUT2D eigenvalue weighted by atomic mass is 16.6. The lowest BCUT2D eigenvalue weighted by Gasteiger charge is -2.23. The van der Waals surface area contributed by atoms with Crippen molar-refractivity contribution in [3.63, 3.8) is 0 Å². The zero-order chi connectivity index (χ0) is 28.3. The number of hydrogen-bond acceptors (Lipinski definition) is 6. The van der Waals surface area contributed by atoms with E-state index in [0.717, 1.165) is 68.9 Å². The van der Waals surface area contributed by atoms with Crippen LogP contribution in [0, 0.1) is 5.92 Å². The monoisotopic (exact) mass is 538 g/mol. The van der Waals surface area contributed by atoms with Crippen LogP contribution >= 0.6 is 0 Å². The van der Waals surface area contributed by atoms with Gasteiger partial charge < -0.3 is 14.2 Å². The summed E-state index contributed by atoms with van der Waals surface area (Å²) in [6, 6.07) is 19.2. The van der Waals surface area contributed by atoms with E-state index in [0.29, 0.717) is 19.4 Å². The van der Waals surface area contributed by atoms with Gasteiger partial charge in [0, 0.05) is 6.42 Å². The molecule has 0 saturated carbocycles. The summed E-state index contributed by atoms with van der Waals surface area (Å²) in [5.41, 5.74) is 1.24. The first kappa shape index (κ1) is 32.1. The molecular weight excluding hydrogens is 492 g/mol. The first-order valence-electron chi connectivity index (χ1n) is 14.4. The largest absolute Gasteiger partial charge is 0.461 e. The molecule has 0 fully saturated rings. The molecule has 0 radical (unpaired) electrons. The Morgan fingerprint density at radius 1 is 0.615 bits per heavy atom. The summed E-state index contributed by atoms with van der Waals surface area (Å²) in [5.74, 6) is -2.05. The number of hydrogen-bond donors (Lipinski definition) is 0. The summed E-state index contributed by atoms with van der Waals surface area (Å²) in [5, 5.41) is 0. The maximum absolute atomic E-state index is 12.7. The maximum Gasteiger partial charge on any atom is 0.320 e. The van der Waals surface area contributed by atoms with Crippen LogP contribution in [0.4, 0.5) is 0 Å². The average Bonchev–Trinajstić information content (AvgIpc) is 2.91. The van der Waals surface area contributed by atoms with Gasteiger partial charge in [0.1, 0.15) is 18.8 Å². The van der Waals surface area contributed by atoms with Crippen molar-refractivity contribution < 1.29 is 28.6 Å². The van der Waals surface area contributed by atoms with Crippen LogP contribution in [-0.4, -0.2) is 23.5 Å². The van der Waals surface area contributed by atoms with E-state index in [9.17, 15) is 14.4 Å². The fourth-order valence-electron chi connectivity index (χ4n) is 4.20. The third kappa shape index (κ3) is 15.1. The molecule has 2 rings (SSSR count). The van der Waals surface area contributed by atoms with Crippen LogP contribution in [0.3, 0.4) is 0 Å². The average molecular weight is 539 g/mol. The molecule has 1 atom stereocenters. The quantitative estimate of drug-likeness (QED) is 0.0836. The van der Waals surface area contributed by atoms with Gasteiger partial charge in [-0.15, -0.1) is 0 Å². The topological polar surface area (TPSA) is 78.9 Å². The molecule has 6 nitrogen and oxygen atoms in total. The van der Waals surface area contributed by atoms with Crippen molar-refractivity contribution in [1.29, 1.82) is 0 Å². The van der Waals surface area contributed by atoms with Gasteiger partial charge in [-0.1, -0.05) is 112 Å². The lowest BCUT2D eigenvalue weighted by atomic mass is 9.99. The van der Waals surface area contributed by atoms with Crippen LogP contribution in [0.25, 0.3) is 0 Å². The second kappa shape index (κ2) is 18.2. The third-order valence-electron chi connectivity index (χ3n) is 6.32. The molecule has 6 heteroatoms. The third-order valence-corrected chi connectivity index (χ3v) is 6.32. The van der Waals surface area contributed by atoms with Crippen LogP contribution in [0.1, 0.15) is 103 Å². The number of ether oxygens (including phenoxy) is 3. The Balaban J connectivity index is 1.55. The molecule has 2 aromatic carbocycles. The van der Waals surface area contributed by atoms with Crippen LogP contribution in [-0.2, 0) is 41.8 Å². The first-order chi connectivity index (χ1) is 18.7. The van der Waals surface area contributed by atoms with Gasteiger partial charge in [-0.2, -0.15) is 0 Å². The van der Waals surface area contributed by atoms with Gasteiger partial charge in [0.05, 0.1) is 0 Å². The van der Waals surface area contributed by atoms with E-state index in [1.807, 2.05) is 60.7 Å². The summed E-state index contributed by atoms with van der Waals surface area (Å²) < 4.78 is 16.3. The molecule has 2 aromatic rings. The molecule has 0 aliphatic carbocycles. The summed E-state index contributed by atoms with van der Waals surface area (Å²) in [6.07, 6.45) is 10.1. The molecule has 1 unspecified atom stereocenters. The van der Waals surface area contributed by atoms with E-state index in [1.165, 1.54) is 0 Å². The van der Waals surface area contributed by atoms with Crippen molar-refractivity contribution >= 4 is 17.9 Å². The Bertz CT molecular complexity index is 965. The smallest absolute Gasteiger partial charge is 0.320 e. The second-order valence-corrected chi connectivity index (χ2v) is 11.0. The van der Waals surface area contributed by atoms with Crippen molar-refractivity contribution in [2.45, 2.75) is 110 Å². The molecule has 0 saturated heterocycles. The maximum atomic E-state index is 12.7. The van der Waals surface area contributed by atoms with Crippen LogP contribution < -0.4 is 0 Å². The summed E-state index contributed by atoms with van der Waals surface area (Å²) in [4.78, 5) is 37.3. The fraction of sp³-hybridized carbons (Fsp3) is 0.545. The molecule has 0 aliphatic heterocycles. The van der Waals surface area contributed by atoms with Crippen LogP contribution in [0.5, 0.6) is 0 Å². The van der Waals surface area contributed by atoms with Crippen molar-refractivity contribution in [2.24, 2.45) is 5.92 Å². The highest BCUT2D eigenvalue weighted by Gasteiger charge is 2.32. The van der Waals surface area contributed by atoms with Crippen molar-refractivity contribution in [3.8, 4) is 0 Å². The molecule has 214 valence electrons. The summed E-state index contributed by atoms with van der Waals surface area (Å²) in [7, 11) is 0. The lowest BCUT2D eigenvalue weighted by Crippen LogP contribution is -2.33. The Morgan fingerprint density at radius 3 is 1.59 bits per heavy atom. The number of carbonyl (C=O) groups excluding carboxylic acids is 3. The van der Waals surface area contributed by atoms with E-state index >= 15 is 0 Å². The normalized spacial score (nSPS) is 12.0. The highest BCUT2D eigenvalue weighted by molar-refractivity contribution is 5.95. The predicted molar refractivity (Wildman–Crippen MR) is 153 cm³/mol. The fourth-order valence-corrected chi connectivity index (χ4v) is 4.20. The van der Waals surface area contributed by atoms with Gasteiger partial charge in [0.2, 0.25) is 0 Å². The molecular formula is C33H46O6. The minimum absolute atomic E-state index is 0.132. The summed E-state index contributed by atoms with van der Waals surface area (Å²) in [6.45, 7) is 5.89. The van der Waals surface area contributed by atoms with Gasteiger partial charge in [-0.05, 0) is 44.7 Å². The predicted octanol–water partition coefficient (Wildman–Crippen LogP) is 7.72. The van der Waals surface area contributed by atoms with Crippen molar-refractivity contribution in [1.82, 2.24) is 0 Å². The highest BCUT2D eigenvalue weighted by Crippen LogP contribution is 2.20. The Kier molecular flexibility index (Phi) is 15.0. The Hall–Kier alpha value is -3.15. The van der Waals surface area contributed by atoms with E-state index in [-0.39, 0.29) is 12.6 Å². The molecule has 0 spiro atoms. The Morgan fingerprint density at radius 2 is 1.08 bits per heavy atom. The van der Waals surface area contributed by atoms with Crippen LogP contribution in [0.2, 0.25) is 0 Å². The molecule has 0 heterocycles. The molecule has 0 N–H and O–H groups in total. The lowest BCUT2D eigenvalue weighted by molar-refractivity contribution is -0.170. The SMILES string of the molecule is CC(C)(C)OC(=O)C(CCCCCCCCCCCC(=O)OCc1ccccc1)C(=O)OCc1ccccc1. The van der Waals surface area contributed by atoms with E-state index in [1.54, 1.807) is 20.8 Å². The van der Waals surface area contributed by atoms with Crippen molar-refractivity contribution in [3.05, 3.63) is 71.8 Å². The van der Waals surface area contributed by atoms with Gasteiger partial charge in [-0.3, -0.25) is 14.4 Å². The summed E-state index contributed by atoms with van der Waals surface area (Å²) >= 11 is 0. The van der Waals surface area contributed by atoms with Crippen molar-refractivity contribution in [2.75, 3.05) is 0 Å². The molecule has 39 heavy (non-hydrogen) atoms. The molecule has 0 aliphatic rings. The number of rotatable bonds is 18. The number of benzene rings is 2. The molecule has 0 amide bonds. The number of carbonyl (C=O) groups is 3. The van der Waals surface area contributed by atoms with E-state index < -0.39 is 23.5 Å². The minimum Gasteiger partial charge on any atom is -0.461 e. The first-order valence-corrected chi connectivity index (χ1v) is 14.4. The van der Waals surface area contributed by atoms with Crippen LogP contribution in [0.15, 0.2) is 60.7 Å². The Labute approximate surface area is 234 Å². The van der Waals surface area contributed by atoms with Gasteiger partial charge in [0.25, 0.3) is 0 Å². The van der Waals surface area contributed by atoms with E-state index in [2.05, 4.69) is 0 Å².